The Morgan fingerprint density at radius 3 is 2.55 bits per heavy atom. The third-order valence-corrected chi connectivity index (χ3v) is 4.43. The van der Waals surface area contributed by atoms with Crippen LogP contribution in [0.25, 0.3) is 11.3 Å². The predicted octanol–water partition coefficient (Wildman–Crippen LogP) is 6.17. The molecule has 0 atom stereocenters. The molecule has 3 aromatic rings. The fourth-order valence-electron chi connectivity index (χ4n) is 2.80. The number of nitrogens with one attached hydrogen (secondary N) is 1. The minimum absolute atomic E-state index is 0.110. The Hall–Kier alpha value is -3.55. The highest BCUT2D eigenvalue weighted by molar-refractivity contribution is 6.06. The van der Waals surface area contributed by atoms with E-state index in [0.29, 0.717) is 0 Å². The fourth-order valence-corrected chi connectivity index (χ4v) is 2.80. The summed E-state index contributed by atoms with van der Waals surface area (Å²) < 4.78 is 49.4. The van der Waals surface area contributed by atoms with Crippen LogP contribution in [0.2, 0.25) is 0 Å². The van der Waals surface area contributed by atoms with Gasteiger partial charge in [0, 0.05) is 5.56 Å². The second-order valence-corrected chi connectivity index (χ2v) is 6.73. The van der Waals surface area contributed by atoms with Crippen molar-refractivity contribution >= 4 is 17.6 Å². The lowest BCUT2D eigenvalue weighted by atomic mass is 10.1. The van der Waals surface area contributed by atoms with E-state index in [1.807, 2.05) is 6.92 Å². The van der Waals surface area contributed by atoms with Gasteiger partial charge in [-0.3, -0.25) is 4.79 Å². The SMILES string of the molecule is CCCCOC(=O)c1ccccc1NC(=O)c1ccc(-c2cccc(C(F)(F)F)c2)o1. The second kappa shape index (κ2) is 9.51. The predicted molar refractivity (Wildman–Crippen MR) is 109 cm³/mol. The summed E-state index contributed by atoms with van der Waals surface area (Å²) in [5, 5.41) is 2.59. The minimum atomic E-state index is -4.49. The highest BCUT2D eigenvalue weighted by Gasteiger charge is 2.30. The van der Waals surface area contributed by atoms with Gasteiger partial charge >= 0.3 is 12.1 Å². The Morgan fingerprint density at radius 1 is 1.03 bits per heavy atom. The van der Waals surface area contributed by atoms with E-state index in [2.05, 4.69) is 5.32 Å². The third kappa shape index (κ3) is 5.53. The third-order valence-electron chi connectivity index (χ3n) is 4.43. The van der Waals surface area contributed by atoms with E-state index in [-0.39, 0.29) is 34.9 Å². The van der Waals surface area contributed by atoms with E-state index < -0.39 is 23.6 Å². The topological polar surface area (TPSA) is 68.5 Å². The molecule has 0 saturated heterocycles. The number of unbranched alkanes of at least 4 members (excludes halogenated alkanes) is 1. The molecule has 2 aromatic carbocycles. The van der Waals surface area contributed by atoms with E-state index in [1.54, 1.807) is 18.2 Å². The molecular weight excluding hydrogens is 411 g/mol. The summed E-state index contributed by atoms with van der Waals surface area (Å²) in [5.41, 5.74) is -0.195. The van der Waals surface area contributed by atoms with Crippen LogP contribution >= 0.6 is 0 Å². The van der Waals surface area contributed by atoms with Crippen molar-refractivity contribution in [3.8, 4) is 11.3 Å². The largest absolute Gasteiger partial charge is 0.462 e. The summed E-state index contributed by atoms with van der Waals surface area (Å²) in [7, 11) is 0. The molecule has 5 nitrogen and oxygen atoms in total. The number of rotatable bonds is 7. The zero-order valence-corrected chi connectivity index (χ0v) is 16.7. The molecule has 0 aliphatic rings. The quantitative estimate of drug-likeness (QED) is 0.359. The van der Waals surface area contributed by atoms with Gasteiger partial charge in [-0.15, -0.1) is 0 Å². The van der Waals surface area contributed by atoms with E-state index in [9.17, 15) is 22.8 Å². The number of anilines is 1. The van der Waals surface area contributed by atoms with E-state index >= 15 is 0 Å². The van der Waals surface area contributed by atoms with Gasteiger partial charge in [-0.1, -0.05) is 37.6 Å². The first-order valence-electron chi connectivity index (χ1n) is 9.64. The Morgan fingerprint density at radius 2 is 1.81 bits per heavy atom. The Kier molecular flexibility index (Phi) is 6.79. The normalized spacial score (nSPS) is 11.2. The van der Waals surface area contributed by atoms with Crippen LogP contribution in [0.4, 0.5) is 18.9 Å². The van der Waals surface area contributed by atoms with Crippen LogP contribution in [-0.2, 0) is 10.9 Å². The summed E-state index contributed by atoms with van der Waals surface area (Å²) in [5.74, 6) is -1.20. The Balaban J connectivity index is 1.76. The number of ether oxygens (including phenoxy) is 1. The van der Waals surface area contributed by atoms with Crippen molar-refractivity contribution in [1.29, 1.82) is 0 Å². The summed E-state index contributed by atoms with van der Waals surface area (Å²) in [6.45, 7) is 2.25. The number of halogens is 3. The number of hydrogen-bond donors (Lipinski definition) is 1. The highest BCUT2D eigenvalue weighted by Crippen LogP contribution is 2.32. The molecule has 8 heteroatoms. The first-order chi connectivity index (χ1) is 14.8. The van der Waals surface area contributed by atoms with Gasteiger partial charge in [-0.2, -0.15) is 13.2 Å². The molecule has 0 fully saturated rings. The van der Waals surface area contributed by atoms with Crippen LogP contribution in [-0.4, -0.2) is 18.5 Å². The number of alkyl halides is 3. The smallest absolute Gasteiger partial charge is 0.416 e. The van der Waals surface area contributed by atoms with Gasteiger partial charge in [0.25, 0.3) is 5.91 Å². The van der Waals surface area contributed by atoms with Crippen LogP contribution < -0.4 is 5.32 Å². The number of benzene rings is 2. The molecular formula is C23H20F3NO4. The van der Waals surface area contributed by atoms with Crippen molar-refractivity contribution in [3.05, 3.63) is 77.6 Å². The fraction of sp³-hybridized carbons (Fsp3) is 0.217. The molecule has 1 N–H and O–H groups in total. The van der Waals surface area contributed by atoms with Crippen LogP contribution in [0.5, 0.6) is 0 Å². The van der Waals surface area contributed by atoms with Crippen molar-refractivity contribution in [2.24, 2.45) is 0 Å². The molecule has 0 bridgehead atoms. The van der Waals surface area contributed by atoms with Crippen LogP contribution in [0.1, 0.15) is 46.2 Å². The zero-order valence-electron chi connectivity index (χ0n) is 16.7. The number of furan rings is 1. The average molecular weight is 431 g/mol. The van der Waals surface area contributed by atoms with Crippen molar-refractivity contribution in [2.75, 3.05) is 11.9 Å². The molecule has 3 rings (SSSR count). The molecule has 1 heterocycles. The zero-order chi connectivity index (χ0) is 22.4. The maximum absolute atomic E-state index is 12.9. The molecule has 0 unspecified atom stereocenters. The summed E-state index contributed by atoms with van der Waals surface area (Å²) >= 11 is 0. The van der Waals surface area contributed by atoms with Gasteiger partial charge in [0.2, 0.25) is 0 Å². The molecule has 0 aliphatic heterocycles. The molecule has 162 valence electrons. The average Bonchev–Trinajstić information content (AvgIpc) is 3.24. The number of carbonyl (C=O) groups is 2. The summed E-state index contributed by atoms with van der Waals surface area (Å²) in [6, 6.07) is 13.8. The van der Waals surface area contributed by atoms with Gasteiger partial charge in [-0.05, 0) is 42.8 Å². The monoisotopic (exact) mass is 431 g/mol. The van der Waals surface area contributed by atoms with Crippen molar-refractivity contribution in [1.82, 2.24) is 0 Å². The van der Waals surface area contributed by atoms with E-state index in [4.69, 9.17) is 9.15 Å². The Labute approximate surface area is 176 Å². The van der Waals surface area contributed by atoms with Crippen LogP contribution in [0.3, 0.4) is 0 Å². The summed E-state index contributed by atoms with van der Waals surface area (Å²) in [6.07, 6.45) is -2.89. The number of hydrogen-bond acceptors (Lipinski definition) is 4. The van der Waals surface area contributed by atoms with Gasteiger partial charge in [0.1, 0.15) is 5.76 Å². The minimum Gasteiger partial charge on any atom is -0.462 e. The van der Waals surface area contributed by atoms with Gasteiger partial charge < -0.3 is 14.5 Å². The van der Waals surface area contributed by atoms with Gasteiger partial charge in [0.15, 0.2) is 5.76 Å². The van der Waals surface area contributed by atoms with E-state index in [1.165, 1.54) is 30.3 Å². The summed E-state index contributed by atoms with van der Waals surface area (Å²) in [4.78, 5) is 24.9. The van der Waals surface area contributed by atoms with Crippen molar-refractivity contribution in [2.45, 2.75) is 25.9 Å². The lowest BCUT2D eigenvalue weighted by molar-refractivity contribution is -0.137. The number of esters is 1. The lowest BCUT2D eigenvalue weighted by Crippen LogP contribution is -2.15. The highest BCUT2D eigenvalue weighted by atomic mass is 19.4. The lowest BCUT2D eigenvalue weighted by Gasteiger charge is -2.10. The van der Waals surface area contributed by atoms with Crippen LogP contribution in [0, 0.1) is 0 Å². The molecule has 0 spiro atoms. The second-order valence-electron chi connectivity index (χ2n) is 6.73. The van der Waals surface area contributed by atoms with Crippen molar-refractivity contribution < 1.29 is 31.9 Å². The molecule has 0 radical (unpaired) electrons. The number of carbonyl (C=O) groups excluding carboxylic acids is 2. The van der Waals surface area contributed by atoms with Crippen molar-refractivity contribution in [3.63, 3.8) is 0 Å². The Bertz CT molecular complexity index is 1070. The van der Waals surface area contributed by atoms with Gasteiger partial charge in [0.05, 0.1) is 23.4 Å². The number of para-hydroxylation sites is 1. The van der Waals surface area contributed by atoms with Gasteiger partial charge in [-0.25, -0.2) is 4.79 Å². The molecule has 31 heavy (non-hydrogen) atoms. The first kappa shape index (κ1) is 22.1. The maximum atomic E-state index is 12.9. The first-order valence-corrected chi connectivity index (χ1v) is 9.64. The molecule has 0 aliphatic carbocycles. The molecule has 0 saturated carbocycles. The van der Waals surface area contributed by atoms with E-state index in [0.717, 1.165) is 25.0 Å². The number of amides is 1. The van der Waals surface area contributed by atoms with Crippen LogP contribution in [0.15, 0.2) is 65.1 Å². The maximum Gasteiger partial charge on any atom is 0.416 e. The molecule has 1 aromatic heterocycles. The standard InChI is InChI=1S/C23H20F3NO4/c1-2-3-13-30-22(29)17-9-4-5-10-18(17)27-21(28)20-12-11-19(31-20)15-7-6-8-16(14-15)23(24,25)26/h4-12,14H,2-3,13H2,1H3,(H,27,28). The molecule has 1 amide bonds.